The molecule has 0 saturated carbocycles. The number of hydrogen-bond acceptors (Lipinski definition) is 4. The number of carbonyl (C=O) groups excluding carboxylic acids is 2. The molecule has 0 bridgehead atoms. The van der Waals surface area contributed by atoms with Gasteiger partial charge in [0, 0.05) is 32.4 Å². The van der Waals surface area contributed by atoms with Gasteiger partial charge in [-0.2, -0.15) is 5.10 Å². The van der Waals surface area contributed by atoms with E-state index >= 15 is 0 Å². The van der Waals surface area contributed by atoms with E-state index < -0.39 is 0 Å². The summed E-state index contributed by atoms with van der Waals surface area (Å²) in [6.07, 6.45) is 3.35. The number of amides is 2. The van der Waals surface area contributed by atoms with Crippen LogP contribution in [-0.4, -0.2) is 57.6 Å². The molecule has 0 unspecified atom stereocenters. The number of piperazine rings is 1. The van der Waals surface area contributed by atoms with E-state index in [1.54, 1.807) is 22.0 Å². The molecule has 4 rings (SSSR count). The molecule has 26 heavy (non-hydrogen) atoms. The van der Waals surface area contributed by atoms with Gasteiger partial charge >= 0.3 is 0 Å². The van der Waals surface area contributed by atoms with Crippen LogP contribution >= 0.6 is 11.3 Å². The number of para-hydroxylation sites is 1. The maximum absolute atomic E-state index is 12.7. The van der Waals surface area contributed by atoms with Crippen molar-refractivity contribution in [2.45, 2.75) is 0 Å². The van der Waals surface area contributed by atoms with E-state index in [9.17, 15) is 9.59 Å². The lowest BCUT2D eigenvalue weighted by Gasteiger charge is -2.34. The number of thiophene rings is 1. The summed E-state index contributed by atoms with van der Waals surface area (Å²) < 4.78 is 1.70. The Bertz CT molecular complexity index is 897. The summed E-state index contributed by atoms with van der Waals surface area (Å²) in [5, 5.41) is 6.19. The molecule has 2 aromatic heterocycles. The molecule has 0 aliphatic carbocycles. The molecule has 1 aliphatic heterocycles. The largest absolute Gasteiger partial charge is 0.335 e. The lowest BCUT2D eigenvalue weighted by atomic mass is 10.2. The monoisotopic (exact) mass is 366 g/mol. The Labute approximate surface area is 155 Å². The number of aromatic nitrogens is 2. The normalized spacial score (nSPS) is 14.5. The van der Waals surface area contributed by atoms with Crippen LogP contribution in [0.25, 0.3) is 5.69 Å². The van der Waals surface area contributed by atoms with Crippen molar-refractivity contribution in [2.24, 2.45) is 0 Å². The van der Waals surface area contributed by atoms with E-state index in [1.165, 1.54) is 11.3 Å². The first-order valence-corrected chi connectivity index (χ1v) is 9.32. The number of hydrogen-bond donors (Lipinski definition) is 0. The molecule has 0 spiro atoms. The maximum atomic E-state index is 12.7. The Morgan fingerprint density at radius 3 is 2.23 bits per heavy atom. The third-order valence-corrected chi connectivity index (χ3v) is 5.29. The molecule has 2 amide bonds. The minimum absolute atomic E-state index is 0.0454. The smallest absolute Gasteiger partial charge is 0.264 e. The van der Waals surface area contributed by atoms with Crippen LogP contribution in [0, 0.1) is 0 Å². The Hall–Kier alpha value is -2.93. The lowest BCUT2D eigenvalue weighted by Crippen LogP contribution is -2.50. The van der Waals surface area contributed by atoms with E-state index in [2.05, 4.69) is 5.10 Å². The van der Waals surface area contributed by atoms with Crippen LogP contribution in [0.4, 0.5) is 0 Å². The van der Waals surface area contributed by atoms with Gasteiger partial charge in [-0.3, -0.25) is 9.59 Å². The van der Waals surface area contributed by atoms with Crippen molar-refractivity contribution in [2.75, 3.05) is 26.2 Å². The van der Waals surface area contributed by atoms with E-state index in [0.717, 1.165) is 10.6 Å². The van der Waals surface area contributed by atoms with E-state index in [-0.39, 0.29) is 11.8 Å². The van der Waals surface area contributed by atoms with Crippen LogP contribution in [-0.2, 0) is 0 Å². The highest BCUT2D eigenvalue weighted by molar-refractivity contribution is 7.12. The van der Waals surface area contributed by atoms with Crippen LogP contribution in [0.3, 0.4) is 0 Å². The van der Waals surface area contributed by atoms with Gasteiger partial charge in [0.05, 0.1) is 22.3 Å². The van der Waals surface area contributed by atoms with Crippen molar-refractivity contribution in [3.05, 3.63) is 70.7 Å². The molecule has 3 aromatic rings. The molecule has 0 radical (unpaired) electrons. The zero-order valence-electron chi connectivity index (χ0n) is 14.1. The highest BCUT2D eigenvalue weighted by atomic mass is 32.1. The molecular formula is C19H18N4O2S. The van der Waals surface area contributed by atoms with Gasteiger partial charge in [-0.05, 0) is 23.6 Å². The van der Waals surface area contributed by atoms with Crippen molar-refractivity contribution < 1.29 is 9.59 Å². The van der Waals surface area contributed by atoms with Gasteiger partial charge in [-0.1, -0.05) is 24.3 Å². The molecule has 1 saturated heterocycles. The second kappa shape index (κ2) is 7.13. The van der Waals surface area contributed by atoms with Gasteiger partial charge in [-0.25, -0.2) is 4.68 Å². The molecule has 1 fully saturated rings. The average molecular weight is 366 g/mol. The molecule has 3 heterocycles. The second-order valence-electron chi connectivity index (χ2n) is 6.07. The van der Waals surface area contributed by atoms with E-state index in [4.69, 9.17) is 0 Å². The van der Waals surface area contributed by atoms with Gasteiger partial charge in [0.1, 0.15) is 0 Å². The van der Waals surface area contributed by atoms with Crippen LogP contribution in [0.2, 0.25) is 0 Å². The fourth-order valence-electron chi connectivity index (χ4n) is 3.01. The van der Waals surface area contributed by atoms with Gasteiger partial charge in [0.2, 0.25) is 0 Å². The van der Waals surface area contributed by atoms with Gasteiger partial charge < -0.3 is 9.80 Å². The predicted molar refractivity (Wildman–Crippen MR) is 99.7 cm³/mol. The highest BCUT2D eigenvalue weighted by Gasteiger charge is 2.26. The van der Waals surface area contributed by atoms with Crippen LogP contribution in [0.15, 0.2) is 60.2 Å². The molecule has 132 valence electrons. The Morgan fingerprint density at radius 2 is 1.58 bits per heavy atom. The van der Waals surface area contributed by atoms with Crippen LogP contribution < -0.4 is 0 Å². The first kappa shape index (κ1) is 16.5. The molecule has 1 aliphatic rings. The summed E-state index contributed by atoms with van der Waals surface area (Å²) in [6.45, 7) is 2.17. The molecule has 1 aromatic carbocycles. The van der Waals surface area contributed by atoms with Gasteiger partial charge in [-0.15, -0.1) is 11.3 Å². The summed E-state index contributed by atoms with van der Waals surface area (Å²) in [6, 6.07) is 13.4. The molecule has 0 atom stereocenters. The van der Waals surface area contributed by atoms with Gasteiger partial charge in [0.25, 0.3) is 11.8 Å². The van der Waals surface area contributed by atoms with Crippen molar-refractivity contribution in [3.8, 4) is 5.69 Å². The number of rotatable bonds is 3. The SMILES string of the molecule is O=C(c1cnn(-c2ccccc2)c1)N1CCN(C(=O)c2cccs2)CC1. The molecular weight excluding hydrogens is 348 g/mol. The summed E-state index contributed by atoms with van der Waals surface area (Å²) >= 11 is 1.45. The minimum Gasteiger partial charge on any atom is -0.335 e. The number of carbonyl (C=O) groups is 2. The fourth-order valence-corrected chi connectivity index (χ4v) is 3.70. The third-order valence-electron chi connectivity index (χ3n) is 4.44. The van der Waals surface area contributed by atoms with E-state index in [1.807, 2.05) is 52.7 Å². The quantitative estimate of drug-likeness (QED) is 0.716. The van der Waals surface area contributed by atoms with Crippen molar-refractivity contribution in [1.82, 2.24) is 19.6 Å². The first-order valence-electron chi connectivity index (χ1n) is 8.44. The average Bonchev–Trinajstić information content (AvgIpc) is 3.40. The zero-order chi connectivity index (χ0) is 17.9. The Balaban J connectivity index is 1.40. The van der Waals surface area contributed by atoms with Crippen LogP contribution in [0.5, 0.6) is 0 Å². The van der Waals surface area contributed by atoms with Crippen LogP contribution in [0.1, 0.15) is 20.0 Å². The zero-order valence-corrected chi connectivity index (χ0v) is 14.9. The number of benzene rings is 1. The topological polar surface area (TPSA) is 58.4 Å². The van der Waals surface area contributed by atoms with Gasteiger partial charge in [0.15, 0.2) is 0 Å². The summed E-state index contributed by atoms with van der Waals surface area (Å²) in [5.74, 6) is -0.000556. The fraction of sp³-hybridized carbons (Fsp3) is 0.211. The second-order valence-corrected chi connectivity index (χ2v) is 7.02. The van der Waals surface area contributed by atoms with E-state index in [0.29, 0.717) is 31.7 Å². The summed E-state index contributed by atoms with van der Waals surface area (Å²) in [4.78, 5) is 29.4. The predicted octanol–water partition coefficient (Wildman–Crippen LogP) is 2.53. The Kier molecular flexibility index (Phi) is 4.53. The molecule has 0 N–H and O–H groups in total. The Morgan fingerprint density at radius 1 is 0.885 bits per heavy atom. The first-order chi connectivity index (χ1) is 12.7. The van der Waals surface area contributed by atoms with Crippen molar-refractivity contribution >= 4 is 23.2 Å². The summed E-state index contributed by atoms with van der Waals surface area (Å²) in [5.41, 5.74) is 1.48. The summed E-state index contributed by atoms with van der Waals surface area (Å²) in [7, 11) is 0. The molecule has 7 heteroatoms. The minimum atomic E-state index is -0.0459. The standard InChI is InChI=1S/C19H18N4O2S/c24-18(15-13-20-23(14-15)16-5-2-1-3-6-16)21-8-10-22(11-9-21)19(25)17-7-4-12-26-17/h1-7,12-14H,8-11H2. The lowest BCUT2D eigenvalue weighted by molar-refractivity contribution is 0.0538. The number of nitrogens with zero attached hydrogens (tertiary/aromatic N) is 4. The third kappa shape index (κ3) is 3.25. The maximum Gasteiger partial charge on any atom is 0.264 e. The highest BCUT2D eigenvalue weighted by Crippen LogP contribution is 2.15. The molecule has 6 nitrogen and oxygen atoms in total. The van der Waals surface area contributed by atoms with Crippen molar-refractivity contribution in [1.29, 1.82) is 0 Å². The van der Waals surface area contributed by atoms with Crippen molar-refractivity contribution in [3.63, 3.8) is 0 Å².